The fraction of sp³-hybridized carbons (Fsp3) is 0.179. The molecule has 3 aromatic carbocycles. The first-order valence-electron chi connectivity index (χ1n) is 11.7. The fourth-order valence-electron chi connectivity index (χ4n) is 3.66. The standard InChI is InChI=1S/C28H24F3NO6S/c29-28(30,31)23-10-5-13-26(16-23)39(34,35)38-24-11-4-9-22(15-24)17-32(18-25-12-6-14-37-25)27(33)20-36-19-21-7-2-1-3-8-21/h1-16H,17-20H2. The van der Waals surface area contributed by atoms with E-state index < -0.39 is 26.8 Å². The highest BCUT2D eigenvalue weighted by Crippen LogP contribution is 2.31. The fourth-order valence-corrected chi connectivity index (χ4v) is 4.63. The minimum Gasteiger partial charge on any atom is -0.467 e. The SMILES string of the molecule is O=C(COCc1ccccc1)N(Cc1cccc(OS(=O)(=O)c2cccc(C(F)(F)F)c2)c1)Cc1ccco1. The van der Waals surface area contributed by atoms with Gasteiger partial charge in [-0.25, -0.2) is 0 Å². The Labute approximate surface area is 223 Å². The lowest BCUT2D eigenvalue weighted by Crippen LogP contribution is -2.33. The van der Waals surface area contributed by atoms with Gasteiger partial charge in [0.15, 0.2) is 0 Å². The van der Waals surface area contributed by atoms with Crippen LogP contribution >= 0.6 is 0 Å². The molecule has 0 saturated heterocycles. The van der Waals surface area contributed by atoms with Crippen molar-refractivity contribution in [3.05, 3.63) is 120 Å². The van der Waals surface area contributed by atoms with Gasteiger partial charge < -0.3 is 18.2 Å². The lowest BCUT2D eigenvalue weighted by Gasteiger charge is -2.22. The quantitative estimate of drug-likeness (QED) is 0.216. The van der Waals surface area contributed by atoms with Crippen molar-refractivity contribution in [2.75, 3.05) is 6.61 Å². The zero-order valence-corrected chi connectivity index (χ0v) is 21.3. The van der Waals surface area contributed by atoms with E-state index in [1.165, 1.54) is 29.4 Å². The Kier molecular flexibility index (Phi) is 8.72. The minimum absolute atomic E-state index is 0.0645. The summed E-state index contributed by atoms with van der Waals surface area (Å²) in [7, 11) is -4.55. The van der Waals surface area contributed by atoms with Crippen molar-refractivity contribution in [2.24, 2.45) is 0 Å². The number of carbonyl (C=O) groups is 1. The molecule has 0 aliphatic rings. The number of alkyl halides is 3. The molecule has 0 N–H and O–H groups in total. The van der Waals surface area contributed by atoms with E-state index in [1.54, 1.807) is 18.2 Å². The number of carbonyl (C=O) groups excluding carboxylic acids is 1. The van der Waals surface area contributed by atoms with Crippen molar-refractivity contribution < 1.29 is 39.7 Å². The van der Waals surface area contributed by atoms with E-state index in [9.17, 15) is 26.4 Å². The van der Waals surface area contributed by atoms with Gasteiger partial charge in [-0.15, -0.1) is 0 Å². The van der Waals surface area contributed by atoms with Gasteiger partial charge >= 0.3 is 16.3 Å². The lowest BCUT2D eigenvalue weighted by atomic mass is 10.2. The van der Waals surface area contributed by atoms with Gasteiger partial charge in [-0.3, -0.25) is 4.79 Å². The Morgan fingerprint density at radius 2 is 1.59 bits per heavy atom. The smallest absolute Gasteiger partial charge is 0.416 e. The molecule has 7 nitrogen and oxygen atoms in total. The summed E-state index contributed by atoms with van der Waals surface area (Å²) in [4.78, 5) is 13.9. The van der Waals surface area contributed by atoms with Crippen LogP contribution in [0.2, 0.25) is 0 Å². The average Bonchev–Trinajstić information content (AvgIpc) is 3.42. The first-order chi connectivity index (χ1) is 18.6. The molecule has 0 fully saturated rings. The largest absolute Gasteiger partial charge is 0.467 e. The molecule has 1 amide bonds. The summed E-state index contributed by atoms with van der Waals surface area (Å²) in [5.41, 5.74) is 0.326. The number of furan rings is 1. The van der Waals surface area contributed by atoms with Crippen LogP contribution in [0, 0.1) is 0 Å². The molecule has 1 aromatic heterocycles. The molecule has 0 unspecified atom stereocenters. The van der Waals surface area contributed by atoms with Crippen LogP contribution in [0.3, 0.4) is 0 Å². The van der Waals surface area contributed by atoms with Gasteiger partial charge in [0.25, 0.3) is 0 Å². The van der Waals surface area contributed by atoms with E-state index in [1.807, 2.05) is 30.3 Å². The molecular weight excluding hydrogens is 535 g/mol. The van der Waals surface area contributed by atoms with Crippen molar-refractivity contribution in [3.63, 3.8) is 0 Å². The highest BCUT2D eigenvalue weighted by molar-refractivity contribution is 7.87. The number of benzene rings is 3. The molecule has 204 valence electrons. The van der Waals surface area contributed by atoms with E-state index in [-0.39, 0.29) is 38.0 Å². The summed E-state index contributed by atoms with van der Waals surface area (Å²) in [5.74, 6) is 0.0896. The third-order valence-electron chi connectivity index (χ3n) is 5.54. The molecule has 39 heavy (non-hydrogen) atoms. The Balaban J connectivity index is 1.47. The number of rotatable bonds is 11. The van der Waals surface area contributed by atoms with Crippen LogP contribution in [-0.4, -0.2) is 25.8 Å². The molecule has 0 saturated carbocycles. The number of hydrogen-bond acceptors (Lipinski definition) is 6. The Bertz CT molecular complexity index is 1490. The highest BCUT2D eigenvalue weighted by Gasteiger charge is 2.32. The topological polar surface area (TPSA) is 86.0 Å². The number of amides is 1. The van der Waals surface area contributed by atoms with Crippen LogP contribution in [0.5, 0.6) is 5.75 Å². The summed E-state index contributed by atoms with van der Waals surface area (Å²) in [6.07, 6.45) is -3.22. The van der Waals surface area contributed by atoms with Gasteiger partial charge in [-0.1, -0.05) is 48.5 Å². The van der Waals surface area contributed by atoms with Gasteiger partial charge in [0, 0.05) is 6.54 Å². The van der Waals surface area contributed by atoms with Crippen LogP contribution in [0.15, 0.2) is 107 Å². The maximum Gasteiger partial charge on any atom is 0.416 e. The number of nitrogens with zero attached hydrogens (tertiary/aromatic N) is 1. The molecule has 0 spiro atoms. The van der Waals surface area contributed by atoms with Crippen molar-refractivity contribution in [2.45, 2.75) is 30.8 Å². The zero-order valence-electron chi connectivity index (χ0n) is 20.5. The predicted octanol–water partition coefficient (Wildman–Crippen LogP) is 5.81. The second-order valence-corrected chi connectivity index (χ2v) is 10.1. The van der Waals surface area contributed by atoms with Crippen molar-refractivity contribution >= 4 is 16.0 Å². The van der Waals surface area contributed by atoms with Crippen LogP contribution in [0.4, 0.5) is 13.2 Å². The maximum atomic E-state index is 13.0. The second kappa shape index (κ2) is 12.2. The number of halogens is 3. The molecule has 11 heteroatoms. The Morgan fingerprint density at radius 3 is 2.31 bits per heavy atom. The van der Waals surface area contributed by atoms with Gasteiger partial charge in [0.05, 0.1) is 25.0 Å². The Hall–Kier alpha value is -4.09. The van der Waals surface area contributed by atoms with E-state index in [4.69, 9.17) is 13.3 Å². The van der Waals surface area contributed by atoms with Crippen molar-refractivity contribution in [1.82, 2.24) is 4.90 Å². The minimum atomic E-state index is -4.71. The summed E-state index contributed by atoms with van der Waals surface area (Å²) < 4.78 is 80.6. The van der Waals surface area contributed by atoms with Crippen LogP contribution in [0.1, 0.15) is 22.5 Å². The molecule has 4 rings (SSSR count). The van der Waals surface area contributed by atoms with Crippen LogP contribution < -0.4 is 4.18 Å². The van der Waals surface area contributed by atoms with Gasteiger partial charge in [0.2, 0.25) is 5.91 Å². The first-order valence-corrected chi connectivity index (χ1v) is 13.1. The van der Waals surface area contributed by atoms with E-state index in [0.717, 1.165) is 23.8 Å². The molecule has 0 radical (unpaired) electrons. The van der Waals surface area contributed by atoms with Crippen molar-refractivity contribution in [3.8, 4) is 5.75 Å². The number of hydrogen-bond donors (Lipinski definition) is 0. The third kappa shape index (κ3) is 7.95. The summed E-state index contributed by atoms with van der Waals surface area (Å²) in [6, 6.07) is 22.0. The lowest BCUT2D eigenvalue weighted by molar-refractivity contribution is -0.138. The maximum absolute atomic E-state index is 13.0. The molecular formula is C28H24F3NO6S. The number of ether oxygens (including phenoxy) is 1. The van der Waals surface area contributed by atoms with Crippen LogP contribution in [-0.2, 0) is 45.5 Å². The van der Waals surface area contributed by atoms with Gasteiger partial charge in [-0.2, -0.15) is 21.6 Å². The monoisotopic (exact) mass is 559 g/mol. The summed E-state index contributed by atoms with van der Waals surface area (Å²) in [5, 5.41) is 0. The highest BCUT2D eigenvalue weighted by atomic mass is 32.2. The summed E-state index contributed by atoms with van der Waals surface area (Å²) >= 11 is 0. The van der Waals surface area contributed by atoms with Gasteiger partial charge in [0.1, 0.15) is 23.0 Å². The van der Waals surface area contributed by atoms with E-state index >= 15 is 0 Å². The normalized spacial score (nSPS) is 11.8. The molecule has 1 heterocycles. The third-order valence-corrected chi connectivity index (χ3v) is 6.79. The van der Waals surface area contributed by atoms with E-state index in [0.29, 0.717) is 17.4 Å². The molecule has 0 aliphatic carbocycles. The predicted molar refractivity (Wildman–Crippen MR) is 135 cm³/mol. The van der Waals surface area contributed by atoms with E-state index in [2.05, 4.69) is 0 Å². The molecule has 4 aromatic rings. The molecule has 0 bridgehead atoms. The Morgan fingerprint density at radius 1 is 0.846 bits per heavy atom. The first kappa shape index (κ1) is 27.9. The zero-order chi connectivity index (χ0) is 27.9. The molecule has 0 aliphatic heterocycles. The van der Waals surface area contributed by atoms with Crippen molar-refractivity contribution in [1.29, 1.82) is 0 Å². The molecule has 0 atom stereocenters. The van der Waals surface area contributed by atoms with Gasteiger partial charge in [-0.05, 0) is 53.6 Å². The summed E-state index contributed by atoms with van der Waals surface area (Å²) in [6.45, 7) is 0.247. The average molecular weight is 560 g/mol. The second-order valence-electron chi connectivity index (χ2n) is 8.52. The van der Waals surface area contributed by atoms with Crippen LogP contribution in [0.25, 0.3) is 0 Å².